The molecule has 9 heteroatoms. The van der Waals surface area contributed by atoms with Gasteiger partial charge in [0.1, 0.15) is 17.3 Å². The fraction of sp³-hybridized carbons (Fsp3) is 0.391. The lowest BCUT2D eigenvalue weighted by molar-refractivity contribution is -0.140. The minimum atomic E-state index is -1.23. The Balaban J connectivity index is 2.09. The summed E-state index contributed by atoms with van der Waals surface area (Å²) in [5, 5.41) is 20.1. The van der Waals surface area contributed by atoms with Crippen molar-refractivity contribution in [1.29, 1.82) is 0 Å². The van der Waals surface area contributed by atoms with Gasteiger partial charge in [0.05, 0.1) is 24.9 Å². The highest BCUT2D eigenvalue weighted by Crippen LogP contribution is 2.34. The molecule has 1 fully saturated rings. The molecule has 0 spiro atoms. The Morgan fingerprint density at radius 1 is 1.28 bits per heavy atom. The Morgan fingerprint density at radius 2 is 1.91 bits per heavy atom. The second-order valence-corrected chi connectivity index (χ2v) is 9.51. The first kappa shape index (κ1) is 24.1. The number of ether oxygens (including phenoxy) is 1. The molecule has 0 radical (unpaired) electrons. The van der Waals surface area contributed by atoms with Crippen molar-refractivity contribution in [2.24, 2.45) is 0 Å². The number of carboxylic acid groups (broad SMARTS) is 1. The summed E-state index contributed by atoms with van der Waals surface area (Å²) in [6.07, 6.45) is -1.22. The molecule has 0 unspecified atom stereocenters. The predicted molar refractivity (Wildman–Crippen MR) is 117 cm³/mol. The zero-order valence-corrected chi connectivity index (χ0v) is 19.4. The zero-order valence-electron chi connectivity index (χ0n) is 17.8. The molecule has 0 saturated carbocycles. The molecule has 1 amide bonds. The van der Waals surface area contributed by atoms with Gasteiger partial charge in [0.2, 0.25) is 0 Å². The summed E-state index contributed by atoms with van der Waals surface area (Å²) in [7, 11) is 0. The highest BCUT2D eigenvalue weighted by Gasteiger charge is 2.37. The minimum Gasteiger partial charge on any atom is -0.465 e. The van der Waals surface area contributed by atoms with Crippen LogP contribution >= 0.6 is 15.9 Å². The van der Waals surface area contributed by atoms with Crippen molar-refractivity contribution in [2.75, 3.05) is 13.2 Å². The number of halogens is 3. The summed E-state index contributed by atoms with van der Waals surface area (Å²) >= 11 is 3.43. The van der Waals surface area contributed by atoms with Gasteiger partial charge in [-0.05, 0) is 78.9 Å². The number of pyridine rings is 1. The SMILES string of the molecule is CC(C)(C)N(C(=O)O)[C@@H](Cc1cc(F)cc(F)c1)c1nc(C#CC2(O)COC2)ccc1Br. The third-order valence-electron chi connectivity index (χ3n) is 4.89. The molecule has 3 rings (SSSR count). The molecule has 1 aliphatic rings. The third-order valence-corrected chi connectivity index (χ3v) is 5.56. The maximum absolute atomic E-state index is 13.8. The molecule has 1 aromatic carbocycles. The third kappa shape index (κ3) is 5.63. The van der Waals surface area contributed by atoms with Crippen LogP contribution in [0.5, 0.6) is 0 Å². The van der Waals surface area contributed by atoms with E-state index in [1.54, 1.807) is 32.9 Å². The zero-order chi connectivity index (χ0) is 23.7. The highest BCUT2D eigenvalue weighted by molar-refractivity contribution is 9.10. The lowest BCUT2D eigenvalue weighted by Gasteiger charge is -2.39. The quantitative estimate of drug-likeness (QED) is 0.601. The van der Waals surface area contributed by atoms with Crippen molar-refractivity contribution in [1.82, 2.24) is 9.88 Å². The first-order valence-electron chi connectivity index (χ1n) is 9.85. The van der Waals surface area contributed by atoms with E-state index >= 15 is 0 Å². The number of amides is 1. The summed E-state index contributed by atoms with van der Waals surface area (Å²) in [6, 6.07) is 5.53. The van der Waals surface area contributed by atoms with Crippen molar-refractivity contribution in [2.45, 2.75) is 44.4 Å². The van der Waals surface area contributed by atoms with Gasteiger partial charge in [-0.15, -0.1) is 0 Å². The molecule has 170 valence electrons. The average Bonchev–Trinajstić information content (AvgIpc) is 2.63. The number of carbonyl (C=O) groups is 1. The topological polar surface area (TPSA) is 82.9 Å². The number of hydrogen-bond donors (Lipinski definition) is 2. The van der Waals surface area contributed by atoms with Gasteiger partial charge in [0.15, 0.2) is 5.60 Å². The van der Waals surface area contributed by atoms with E-state index < -0.39 is 34.9 Å². The fourth-order valence-electron chi connectivity index (χ4n) is 3.46. The van der Waals surface area contributed by atoms with Crippen LogP contribution in [0.25, 0.3) is 0 Å². The molecule has 2 N–H and O–H groups in total. The second kappa shape index (κ2) is 9.14. The van der Waals surface area contributed by atoms with Crippen LogP contribution in [0.4, 0.5) is 13.6 Å². The monoisotopic (exact) mass is 508 g/mol. The summed E-state index contributed by atoms with van der Waals surface area (Å²) in [6.45, 7) is 5.39. The van der Waals surface area contributed by atoms with E-state index in [1.807, 2.05) is 0 Å². The normalized spacial score (nSPS) is 15.8. The van der Waals surface area contributed by atoms with Crippen LogP contribution in [0.2, 0.25) is 0 Å². The molecule has 0 aliphatic carbocycles. The van der Waals surface area contributed by atoms with E-state index in [4.69, 9.17) is 4.74 Å². The number of aromatic nitrogens is 1. The Morgan fingerprint density at radius 3 is 2.41 bits per heavy atom. The van der Waals surface area contributed by atoms with Crippen molar-refractivity contribution >= 4 is 22.0 Å². The molecular weight excluding hydrogens is 486 g/mol. The van der Waals surface area contributed by atoms with E-state index in [1.165, 1.54) is 17.0 Å². The second-order valence-electron chi connectivity index (χ2n) is 8.66. The number of aliphatic hydroxyl groups is 1. The van der Waals surface area contributed by atoms with Gasteiger partial charge in [-0.1, -0.05) is 5.92 Å². The molecule has 1 aromatic heterocycles. The van der Waals surface area contributed by atoms with E-state index in [0.717, 1.165) is 6.07 Å². The molecule has 2 heterocycles. The summed E-state index contributed by atoms with van der Waals surface area (Å²) in [5.74, 6) is 4.02. The number of hydrogen-bond acceptors (Lipinski definition) is 4. The number of rotatable bonds is 4. The Bertz CT molecular complexity index is 1070. The average molecular weight is 509 g/mol. The van der Waals surface area contributed by atoms with E-state index in [2.05, 4.69) is 32.8 Å². The molecule has 2 aromatic rings. The standard InChI is InChI=1S/C23H23BrF2N2O4/c1-22(2,3)28(21(29)30)19(10-14-8-15(25)11-16(26)9-14)20-18(24)5-4-17(27-20)6-7-23(31)12-32-13-23/h4-5,8-9,11,19,31H,10,12-13H2,1-3H3,(H,29,30)/t19-/m0/s1. The molecule has 0 bridgehead atoms. The maximum atomic E-state index is 13.8. The van der Waals surface area contributed by atoms with Gasteiger partial charge in [-0.2, -0.15) is 0 Å². The van der Waals surface area contributed by atoms with E-state index in [9.17, 15) is 23.8 Å². The van der Waals surface area contributed by atoms with Gasteiger partial charge in [0, 0.05) is 16.1 Å². The van der Waals surface area contributed by atoms with Gasteiger partial charge in [-0.25, -0.2) is 18.6 Å². The van der Waals surface area contributed by atoms with Crippen molar-refractivity contribution < 1.29 is 28.5 Å². The van der Waals surface area contributed by atoms with Gasteiger partial charge < -0.3 is 14.9 Å². The summed E-state index contributed by atoms with van der Waals surface area (Å²) < 4.78 is 33.1. The van der Waals surface area contributed by atoms with E-state index in [0.29, 0.717) is 15.9 Å². The van der Waals surface area contributed by atoms with Crippen LogP contribution in [-0.2, 0) is 11.2 Å². The van der Waals surface area contributed by atoms with Crippen molar-refractivity contribution in [3.63, 3.8) is 0 Å². The summed E-state index contributed by atoms with van der Waals surface area (Å²) in [4.78, 5) is 18.0. The Kier molecular flexibility index (Phi) is 6.89. The summed E-state index contributed by atoms with van der Waals surface area (Å²) in [5.41, 5.74) is -1.13. The van der Waals surface area contributed by atoms with Crippen LogP contribution in [0.3, 0.4) is 0 Å². The molecular formula is C23H23BrF2N2O4. The first-order valence-corrected chi connectivity index (χ1v) is 10.6. The largest absolute Gasteiger partial charge is 0.465 e. The Labute approximate surface area is 193 Å². The minimum absolute atomic E-state index is 0.0154. The van der Waals surface area contributed by atoms with Crippen LogP contribution < -0.4 is 0 Å². The lowest BCUT2D eigenvalue weighted by atomic mass is 9.95. The fourth-order valence-corrected chi connectivity index (χ4v) is 3.94. The molecule has 1 saturated heterocycles. The smallest absolute Gasteiger partial charge is 0.408 e. The number of nitrogens with zero attached hydrogens (tertiary/aromatic N) is 2. The van der Waals surface area contributed by atoms with Crippen LogP contribution in [-0.4, -0.2) is 50.5 Å². The molecule has 1 aliphatic heterocycles. The maximum Gasteiger partial charge on any atom is 0.408 e. The lowest BCUT2D eigenvalue weighted by Crippen LogP contribution is -2.48. The van der Waals surface area contributed by atoms with Gasteiger partial charge >= 0.3 is 6.09 Å². The van der Waals surface area contributed by atoms with E-state index in [-0.39, 0.29) is 25.2 Å². The number of benzene rings is 1. The van der Waals surface area contributed by atoms with Crippen molar-refractivity contribution in [3.8, 4) is 11.8 Å². The predicted octanol–water partition coefficient (Wildman–Crippen LogP) is 4.30. The van der Waals surface area contributed by atoms with Crippen LogP contribution in [0.1, 0.15) is 43.8 Å². The molecule has 32 heavy (non-hydrogen) atoms. The molecule has 6 nitrogen and oxygen atoms in total. The van der Waals surface area contributed by atoms with Crippen LogP contribution in [0.15, 0.2) is 34.8 Å². The Hall–Kier alpha value is -2.54. The highest BCUT2D eigenvalue weighted by atomic mass is 79.9. The first-order chi connectivity index (χ1) is 14.9. The molecule has 1 atom stereocenters. The van der Waals surface area contributed by atoms with Crippen LogP contribution in [0, 0.1) is 23.5 Å². The van der Waals surface area contributed by atoms with Gasteiger partial charge in [-0.3, -0.25) is 4.90 Å². The van der Waals surface area contributed by atoms with Gasteiger partial charge in [0.25, 0.3) is 0 Å². The van der Waals surface area contributed by atoms with Crippen molar-refractivity contribution in [3.05, 3.63) is 63.4 Å².